The summed E-state index contributed by atoms with van der Waals surface area (Å²) in [6.45, 7) is 10.7. The maximum Gasteiger partial charge on any atom is 2.00 e. The van der Waals surface area contributed by atoms with Crippen LogP contribution in [0.25, 0.3) is 21.9 Å². The van der Waals surface area contributed by atoms with Crippen LogP contribution in [0.2, 0.25) is 0 Å². The molecule has 4 rings (SSSR count). The van der Waals surface area contributed by atoms with E-state index in [1.54, 1.807) is 30.3 Å². The predicted octanol–water partition coefficient (Wildman–Crippen LogP) is 5.36. The van der Waals surface area contributed by atoms with Gasteiger partial charge in [0, 0.05) is 22.6 Å². The summed E-state index contributed by atoms with van der Waals surface area (Å²) in [6.07, 6.45) is 1.46. The molecule has 174 valence electrons. The maximum absolute atomic E-state index is 14.6. The van der Waals surface area contributed by atoms with E-state index in [4.69, 9.17) is 6.57 Å². The van der Waals surface area contributed by atoms with Crippen LogP contribution in [0, 0.1) is 24.8 Å². The molecule has 0 fully saturated rings. The molecule has 0 amide bonds. The molecule has 0 spiro atoms. The van der Waals surface area contributed by atoms with Crippen molar-refractivity contribution in [2.45, 2.75) is 25.4 Å². The van der Waals surface area contributed by atoms with Gasteiger partial charge < -0.3 is 14.6 Å². The van der Waals surface area contributed by atoms with Crippen molar-refractivity contribution >= 4 is 5.69 Å². The second kappa shape index (κ2) is 9.43. The number of halogens is 4. The summed E-state index contributed by atoms with van der Waals surface area (Å²) in [5.74, 6) is -0.613. The Morgan fingerprint density at radius 3 is 2.32 bits per heavy atom. The Morgan fingerprint density at radius 2 is 1.68 bits per heavy atom. The molecule has 34 heavy (non-hydrogen) atoms. The fourth-order valence-corrected chi connectivity index (χ4v) is 3.13. The van der Waals surface area contributed by atoms with Crippen molar-refractivity contribution in [1.82, 2.24) is 24.7 Å². The van der Waals surface area contributed by atoms with Crippen LogP contribution in [0.3, 0.4) is 0 Å². The van der Waals surface area contributed by atoms with Gasteiger partial charge in [0.1, 0.15) is 0 Å². The van der Waals surface area contributed by atoms with E-state index >= 15 is 0 Å². The monoisotopic (exact) mass is 645 g/mol. The first kappa shape index (κ1) is 25.2. The van der Waals surface area contributed by atoms with E-state index in [9.17, 15) is 17.6 Å². The molecule has 11 heteroatoms. The van der Waals surface area contributed by atoms with Crippen molar-refractivity contribution in [2.75, 3.05) is 0 Å². The summed E-state index contributed by atoms with van der Waals surface area (Å²) in [7, 11) is 0. The van der Waals surface area contributed by atoms with Crippen molar-refractivity contribution in [3.8, 4) is 17.1 Å². The van der Waals surface area contributed by atoms with Crippen LogP contribution in [0.15, 0.2) is 48.7 Å². The molecule has 0 aliphatic rings. The summed E-state index contributed by atoms with van der Waals surface area (Å²) >= 11 is 0. The van der Waals surface area contributed by atoms with Crippen molar-refractivity contribution in [3.63, 3.8) is 0 Å². The Bertz CT molecular complexity index is 1370. The van der Waals surface area contributed by atoms with Gasteiger partial charge in [-0.3, -0.25) is 19.3 Å². The summed E-state index contributed by atoms with van der Waals surface area (Å²) in [6, 6.07) is 10.6. The third-order valence-electron chi connectivity index (χ3n) is 4.99. The first-order chi connectivity index (χ1) is 15.6. The molecular formula is C23H14F4N6Pt. The Balaban J connectivity index is 0.00000324. The number of rotatable bonds is 4. The largest absolute Gasteiger partial charge is 2.00 e. The molecule has 0 unspecified atom stereocenters. The maximum atomic E-state index is 14.6. The zero-order valence-corrected chi connectivity index (χ0v) is 19.9. The van der Waals surface area contributed by atoms with Crippen LogP contribution in [-0.4, -0.2) is 24.7 Å². The molecule has 0 aliphatic heterocycles. The Labute approximate surface area is 206 Å². The molecule has 4 aromatic heterocycles. The Hall–Kier alpha value is -3.44. The number of hydrogen-bond donors (Lipinski definition) is 0. The van der Waals surface area contributed by atoms with Crippen molar-refractivity contribution in [1.29, 1.82) is 0 Å². The topological polar surface area (TPSA) is 60.9 Å². The molecule has 0 bridgehead atoms. The van der Waals surface area contributed by atoms with E-state index in [0.717, 1.165) is 16.9 Å². The van der Waals surface area contributed by atoms with Gasteiger partial charge in [0.25, 0.3) is 0 Å². The normalized spacial score (nSPS) is 11.6. The fourth-order valence-electron chi connectivity index (χ4n) is 3.13. The predicted molar refractivity (Wildman–Crippen MR) is 110 cm³/mol. The van der Waals surface area contributed by atoms with Gasteiger partial charge in [0.2, 0.25) is 0 Å². The summed E-state index contributed by atoms with van der Waals surface area (Å²) in [5.41, 5.74) is -0.898. The third kappa shape index (κ3) is 4.75. The molecule has 0 radical (unpaired) electrons. The van der Waals surface area contributed by atoms with Gasteiger partial charge in [-0.2, -0.15) is 13.2 Å². The number of nitrogens with zero attached hydrogens (tertiary/aromatic N) is 6. The van der Waals surface area contributed by atoms with Gasteiger partial charge in [-0.25, -0.2) is 0 Å². The number of pyridine rings is 3. The van der Waals surface area contributed by atoms with E-state index in [0.29, 0.717) is 11.4 Å². The van der Waals surface area contributed by atoms with Crippen molar-refractivity contribution in [3.05, 3.63) is 95.4 Å². The Kier molecular flexibility index (Phi) is 6.99. The van der Waals surface area contributed by atoms with Crippen LogP contribution in [0.5, 0.6) is 0 Å². The van der Waals surface area contributed by atoms with E-state index in [1.165, 1.54) is 6.07 Å². The second-order valence-electron chi connectivity index (χ2n) is 7.54. The first-order valence-corrected chi connectivity index (χ1v) is 9.55. The number of alkyl halides is 3. The molecule has 0 N–H and O–H groups in total. The van der Waals surface area contributed by atoms with Crippen LogP contribution in [0.4, 0.5) is 23.2 Å². The fraction of sp³-hybridized carbons (Fsp3) is 0.174. The van der Waals surface area contributed by atoms with Crippen molar-refractivity contribution in [2.24, 2.45) is 0 Å². The molecule has 0 aliphatic carbocycles. The molecular weight excluding hydrogens is 631 g/mol. The third-order valence-corrected chi connectivity index (χ3v) is 4.99. The van der Waals surface area contributed by atoms with Crippen molar-refractivity contribution < 1.29 is 38.6 Å². The molecule has 4 aromatic rings. The molecule has 0 aromatic carbocycles. The molecule has 0 atom stereocenters. The zero-order valence-electron chi connectivity index (χ0n) is 17.6. The summed E-state index contributed by atoms with van der Waals surface area (Å²) < 4.78 is 54.2. The van der Waals surface area contributed by atoms with Gasteiger partial charge in [0.15, 0.2) is 5.69 Å². The first-order valence-electron chi connectivity index (χ1n) is 9.55. The van der Waals surface area contributed by atoms with Gasteiger partial charge in [-0.05, 0) is 44.1 Å². The summed E-state index contributed by atoms with van der Waals surface area (Å²) in [4.78, 5) is 15.9. The Morgan fingerprint density at radius 1 is 1.00 bits per heavy atom. The minimum Gasteiger partial charge on any atom is -0.371 e. The van der Waals surface area contributed by atoms with Crippen LogP contribution < -0.4 is 0 Å². The van der Waals surface area contributed by atoms with Gasteiger partial charge in [-0.15, -0.1) is 6.07 Å². The SMILES string of the molecule is [C-]#[N+]c1cn[c-]c(-c2cccc(C(C)(C)c3cccc(-n4[c-]cc(C(F)(F)F)n4)n3)n2)c1F.[Pt+2]. The average Bonchev–Trinajstić information content (AvgIpc) is 3.31. The van der Waals surface area contributed by atoms with E-state index in [2.05, 4.69) is 37.3 Å². The molecule has 6 nitrogen and oxygen atoms in total. The minimum absolute atomic E-state index is 0. The summed E-state index contributed by atoms with van der Waals surface area (Å²) in [5, 5.41) is 3.51. The molecule has 4 heterocycles. The van der Waals surface area contributed by atoms with Gasteiger partial charge in [0.05, 0.1) is 18.1 Å². The molecule has 0 saturated heterocycles. The van der Waals surface area contributed by atoms with E-state index < -0.39 is 23.1 Å². The number of hydrogen-bond acceptors (Lipinski definition) is 4. The standard InChI is InChI=1S/C23H14F4N6.Pt/c1-22(2,17-7-4-6-15(30-17)14-12-29-13-16(28-3)21(14)24)18-8-5-9-20(31-18)33-11-10-19(32-33)23(25,26)27;/h4-10,13H,1-2H3;/q-2;+2. The van der Waals surface area contributed by atoms with Gasteiger partial charge >= 0.3 is 27.2 Å². The minimum atomic E-state index is -4.59. The second-order valence-corrected chi connectivity index (χ2v) is 7.54. The number of aromatic nitrogens is 5. The quantitative estimate of drug-likeness (QED) is 0.222. The van der Waals surface area contributed by atoms with Gasteiger partial charge in [-0.1, -0.05) is 36.0 Å². The average molecular weight is 645 g/mol. The van der Waals surface area contributed by atoms with E-state index in [-0.39, 0.29) is 43.8 Å². The van der Waals surface area contributed by atoms with Crippen LogP contribution in [-0.2, 0) is 32.7 Å². The van der Waals surface area contributed by atoms with Crippen LogP contribution >= 0.6 is 0 Å². The molecule has 0 saturated carbocycles. The van der Waals surface area contributed by atoms with E-state index in [1.807, 2.05) is 13.8 Å². The smallest absolute Gasteiger partial charge is 0.371 e. The zero-order chi connectivity index (χ0) is 23.8. The van der Waals surface area contributed by atoms with Crippen LogP contribution in [0.1, 0.15) is 30.9 Å².